The van der Waals surface area contributed by atoms with Crippen molar-refractivity contribution < 1.29 is 5.11 Å². The van der Waals surface area contributed by atoms with Gasteiger partial charge >= 0.3 is 0 Å². The van der Waals surface area contributed by atoms with Crippen LogP contribution in [-0.2, 0) is 5.60 Å². The maximum atomic E-state index is 11.3. The van der Waals surface area contributed by atoms with Crippen LogP contribution in [0.3, 0.4) is 0 Å². The third-order valence-electron chi connectivity index (χ3n) is 4.45. The maximum Gasteiger partial charge on any atom is 0.118 e. The van der Waals surface area contributed by atoms with Crippen LogP contribution in [0.5, 0.6) is 0 Å². The fourth-order valence-electron chi connectivity index (χ4n) is 3.40. The minimum Gasteiger partial charge on any atom is -0.380 e. The van der Waals surface area contributed by atoms with Crippen molar-refractivity contribution in [1.82, 2.24) is 0 Å². The summed E-state index contributed by atoms with van der Waals surface area (Å²) in [5.74, 6) is 0.149. The van der Waals surface area contributed by atoms with Crippen LogP contribution in [0.15, 0.2) is 36.4 Å². The lowest BCUT2D eigenvalue weighted by Gasteiger charge is -2.30. The van der Waals surface area contributed by atoms with Gasteiger partial charge in [0.15, 0.2) is 0 Å². The molecule has 1 aliphatic carbocycles. The van der Waals surface area contributed by atoms with Crippen LogP contribution in [0.25, 0.3) is 11.1 Å². The molecule has 2 aromatic carbocycles. The van der Waals surface area contributed by atoms with E-state index < -0.39 is 5.60 Å². The molecule has 1 N–H and O–H groups in total. The van der Waals surface area contributed by atoms with E-state index in [1.165, 1.54) is 22.3 Å². The van der Waals surface area contributed by atoms with Crippen LogP contribution in [-0.4, -0.2) is 5.11 Å². The standard InChI is InChI=1S/C18H20O/c1-11(2)18(19)14-9-5-7-12(3)16(14)17-13(4)8-6-10-15(17)18/h5-11,19H,1-4H3. The van der Waals surface area contributed by atoms with Crippen molar-refractivity contribution in [3.05, 3.63) is 58.7 Å². The Kier molecular flexibility index (Phi) is 2.58. The summed E-state index contributed by atoms with van der Waals surface area (Å²) in [5.41, 5.74) is 6.20. The first-order chi connectivity index (χ1) is 8.98. The molecule has 0 atom stereocenters. The van der Waals surface area contributed by atoms with Crippen LogP contribution in [0.4, 0.5) is 0 Å². The summed E-state index contributed by atoms with van der Waals surface area (Å²) in [4.78, 5) is 0. The highest BCUT2D eigenvalue weighted by Crippen LogP contribution is 2.52. The molecule has 0 spiro atoms. The Hall–Kier alpha value is -1.60. The van der Waals surface area contributed by atoms with Gasteiger partial charge in [0.05, 0.1) is 0 Å². The van der Waals surface area contributed by atoms with Crippen molar-refractivity contribution in [1.29, 1.82) is 0 Å². The predicted molar refractivity (Wildman–Crippen MR) is 79.2 cm³/mol. The molecule has 98 valence electrons. The van der Waals surface area contributed by atoms with Gasteiger partial charge in [-0.25, -0.2) is 0 Å². The fraction of sp³-hybridized carbons (Fsp3) is 0.333. The maximum absolute atomic E-state index is 11.3. The van der Waals surface area contributed by atoms with Gasteiger partial charge in [-0.15, -0.1) is 0 Å². The molecule has 1 nitrogen and oxygen atoms in total. The van der Waals surface area contributed by atoms with Gasteiger partial charge in [-0.05, 0) is 53.1 Å². The van der Waals surface area contributed by atoms with E-state index in [0.29, 0.717) is 0 Å². The minimum absolute atomic E-state index is 0.149. The molecule has 2 aromatic rings. The molecule has 1 heteroatoms. The van der Waals surface area contributed by atoms with Crippen molar-refractivity contribution in [3.63, 3.8) is 0 Å². The number of aryl methyl sites for hydroxylation is 2. The van der Waals surface area contributed by atoms with E-state index in [4.69, 9.17) is 0 Å². The lowest BCUT2D eigenvalue weighted by Crippen LogP contribution is -2.31. The summed E-state index contributed by atoms with van der Waals surface area (Å²) >= 11 is 0. The van der Waals surface area contributed by atoms with Crippen LogP contribution in [0.2, 0.25) is 0 Å². The van der Waals surface area contributed by atoms with E-state index in [1.807, 2.05) is 12.1 Å². The average molecular weight is 252 g/mol. The Bertz CT molecular complexity index is 601. The van der Waals surface area contributed by atoms with Gasteiger partial charge < -0.3 is 5.11 Å². The van der Waals surface area contributed by atoms with Gasteiger partial charge in [-0.1, -0.05) is 50.2 Å². The number of hydrogen-bond donors (Lipinski definition) is 1. The predicted octanol–water partition coefficient (Wildman–Crippen LogP) is 4.18. The van der Waals surface area contributed by atoms with Crippen molar-refractivity contribution >= 4 is 0 Å². The Morgan fingerprint density at radius 2 is 1.26 bits per heavy atom. The van der Waals surface area contributed by atoms with E-state index in [1.54, 1.807) is 0 Å². The van der Waals surface area contributed by atoms with E-state index in [-0.39, 0.29) is 5.92 Å². The first-order valence-electron chi connectivity index (χ1n) is 6.91. The van der Waals surface area contributed by atoms with E-state index in [2.05, 4.69) is 52.0 Å². The van der Waals surface area contributed by atoms with Gasteiger partial charge in [-0.3, -0.25) is 0 Å². The normalized spacial score (nSPS) is 15.5. The molecule has 19 heavy (non-hydrogen) atoms. The van der Waals surface area contributed by atoms with E-state index in [9.17, 15) is 5.11 Å². The zero-order valence-electron chi connectivity index (χ0n) is 12.0. The molecule has 0 fully saturated rings. The zero-order chi connectivity index (χ0) is 13.8. The number of benzene rings is 2. The van der Waals surface area contributed by atoms with E-state index in [0.717, 1.165) is 11.1 Å². The van der Waals surface area contributed by atoms with Gasteiger partial charge in [-0.2, -0.15) is 0 Å². The minimum atomic E-state index is -0.858. The first-order valence-corrected chi connectivity index (χ1v) is 6.91. The number of rotatable bonds is 1. The lowest BCUT2D eigenvalue weighted by atomic mass is 9.81. The Morgan fingerprint density at radius 3 is 1.63 bits per heavy atom. The molecule has 0 saturated carbocycles. The summed E-state index contributed by atoms with van der Waals surface area (Å²) in [6, 6.07) is 12.5. The highest BCUT2D eigenvalue weighted by Gasteiger charge is 2.44. The second-order valence-corrected chi connectivity index (χ2v) is 5.92. The third-order valence-corrected chi connectivity index (χ3v) is 4.45. The SMILES string of the molecule is Cc1cccc2c1-c1c(C)cccc1C2(O)C(C)C. The fourth-order valence-corrected chi connectivity index (χ4v) is 3.40. The molecule has 0 heterocycles. The van der Waals surface area contributed by atoms with Crippen molar-refractivity contribution in [2.45, 2.75) is 33.3 Å². The molecule has 0 bridgehead atoms. The third kappa shape index (κ3) is 1.45. The zero-order valence-corrected chi connectivity index (χ0v) is 12.0. The van der Waals surface area contributed by atoms with Crippen molar-refractivity contribution in [2.75, 3.05) is 0 Å². The molecule has 0 aliphatic heterocycles. The molecule has 0 unspecified atom stereocenters. The molecule has 1 aliphatic rings. The largest absolute Gasteiger partial charge is 0.380 e. The number of hydrogen-bond acceptors (Lipinski definition) is 1. The second-order valence-electron chi connectivity index (χ2n) is 5.92. The highest BCUT2D eigenvalue weighted by atomic mass is 16.3. The topological polar surface area (TPSA) is 20.2 Å². The van der Waals surface area contributed by atoms with E-state index >= 15 is 0 Å². The molecule has 3 rings (SSSR count). The van der Waals surface area contributed by atoms with Gasteiger partial charge in [0.25, 0.3) is 0 Å². The number of aliphatic hydroxyl groups is 1. The number of fused-ring (bicyclic) bond motifs is 3. The summed E-state index contributed by atoms with van der Waals surface area (Å²) in [6.07, 6.45) is 0. The molecule has 0 saturated heterocycles. The summed E-state index contributed by atoms with van der Waals surface area (Å²) in [5, 5.41) is 11.3. The summed E-state index contributed by atoms with van der Waals surface area (Å²) in [7, 11) is 0. The van der Waals surface area contributed by atoms with Gasteiger partial charge in [0, 0.05) is 0 Å². The second kappa shape index (κ2) is 3.94. The molecular weight excluding hydrogens is 232 g/mol. The highest BCUT2D eigenvalue weighted by molar-refractivity contribution is 5.84. The molecule has 0 amide bonds. The van der Waals surface area contributed by atoms with Crippen LogP contribution >= 0.6 is 0 Å². The molecule has 0 aromatic heterocycles. The molecule has 0 radical (unpaired) electrons. The quantitative estimate of drug-likeness (QED) is 0.807. The average Bonchev–Trinajstić information content (AvgIpc) is 2.64. The lowest BCUT2D eigenvalue weighted by molar-refractivity contribution is 0.0363. The Labute approximate surface area is 114 Å². The van der Waals surface area contributed by atoms with Crippen molar-refractivity contribution in [3.8, 4) is 11.1 Å². The van der Waals surface area contributed by atoms with Crippen LogP contribution in [0.1, 0.15) is 36.1 Å². The van der Waals surface area contributed by atoms with Gasteiger partial charge in [0.2, 0.25) is 0 Å². The van der Waals surface area contributed by atoms with Crippen LogP contribution in [0, 0.1) is 19.8 Å². The van der Waals surface area contributed by atoms with Crippen LogP contribution < -0.4 is 0 Å². The first kappa shape index (κ1) is 12.4. The monoisotopic (exact) mass is 252 g/mol. The van der Waals surface area contributed by atoms with Crippen molar-refractivity contribution in [2.24, 2.45) is 5.92 Å². The molecular formula is C18H20O. The summed E-state index contributed by atoms with van der Waals surface area (Å²) < 4.78 is 0. The Balaban J connectivity index is 2.47. The smallest absolute Gasteiger partial charge is 0.118 e. The Morgan fingerprint density at radius 1 is 0.842 bits per heavy atom. The van der Waals surface area contributed by atoms with Gasteiger partial charge in [0.1, 0.15) is 5.60 Å². The summed E-state index contributed by atoms with van der Waals surface area (Å²) in [6.45, 7) is 8.43.